The van der Waals surface area contributed by atoms with Gasteiger partial charge in [0.2, 0.25) is 0 Å². The number of hydrogen-bond acceptors (Lipinski definition) is 3. The van der Waals surface area contributed by atoms with Gasteiger partial charge in [0.1, 0.15) is 5.69 Å². The maximum absolute atomic E-state index is 12.3. The number of alkyl halides is 3. The molecule has 0 radical (unpaired) electrons. The molecule has 0 bridgehead atoms. The molecule has 1 rings (SSSR count). The molecule has 0 spiro atoms. The molecule has 0 heterocycles. The third-order valence-electron chi connectivity index (χ3n) is 1.52. The van der Waals surface area contributed by atoms with Gasteiger partial charge in [-0.05, 0) is 12.1 Å². The van der Waals surface area contributed by atoms with Crippen molar-refractivity contribution >= 4 is 35.4 Å². The van der Waals surface area contributed by atoms with Crippen LogP contribution < -0.4 is 5.73 Å². The van der Waals surface area contributed by atoms with Gasteiger partial charge in [0, 0.05) is 12.4 Å². The van der Waals surface area contributed by atoms with Gasteiger partial charge >= 0.3 is 6.18 Å². The molecule has 76 valence electrons. The van der Waals surface area contributed by atoms with Crippen molar-refractivity contribution in [2.75, 3.05) is 5.73 Å². The van der Waals surface area contributed by atoms with Crippen LogP contribution in [0.3, 0.4) is 0 Å². The summed E-state index contributed by atoms with van der Waals surface area (Å²) >= 11 is 9.69. The molecule has 0 atom stereocenters. The molecule has 14 heavy (non-hydrogen) atoms. The van der Waals surface area contributed by atoms with Crippen LogP contribution in [0.25, 0.3) is 0 Å². The lowest BCUT2D eigenvalue weighted by Crippen LogP contribution is -2.06. The van der Waals surface area contributed by atoms with Gasteiger partial charge in [-0.2, -0.15) is 17.5 Å². The number of benzene rings is 1. The van der Waals surface area contributed by atoms with Crippen LogP contribution in [0.5, 0.6) is 0 Å². The van der Waals surface area contributed by atoms with Crippen LogP contribution in [0.1, 0.15) is 5.56 Å². The Bertz CT molecular complexity index is 378. The lowest BCUT2D eigenvalue weighted by molar-refractivity contribution is -0.137. The normalized spacial score (nSPS) is 11.4. The Kier molecular flexibility index (Phi) is 2.96. The van der Waals surface area contributed by atoms with Crippen LogP contribution in [0.4, 0.5) is 24.5 Å². The fraction of sp³-hybridized carbons (Fsp3) is 0.143. The summed E-state index contributed by atoms with van der Waals surface area (Å²) in [5.41, 5.74) is 4.22. The first-order chi connectivity index (χ1) is 6.36. The molecule has 0 saturated heterocycles. The first-order valence-corrected chi connectivity index (χ1v) is 4.10. The topological polar surface area (TPSA) is 38.4 Å². The largest absolute Gasteiger partial charge is 0.417 e. The van der Waals surface area contributed by atoms with Crippen molar-refractivity contribution in [3.8, 4) is 0 Å². The van der Waals surface area contributed by atoms with E-state index in [2.05, 4.69) is 16.8 Å². The number of rotatable bonds is 1. The predicted molar refractivity (Wildman–Crippen MR) is 50.3 cm³/mol. The van der Waals surface area contributed by atoms with E-state index in [-0.39, 0.29) is 11.4 Å². The number of anilines is 1. The van der Waals surface area contributed by atoms with Crippen molar-refractivity contribution in [1.82, 2.24) is 0 Å². The van der Waals surface area contributed by atoms with Gasteiger partial charge in [0.05, 0.1) is 16.3 Å². The zero-order chi connectivity index (χ0) is 10.9. The van der Waals surface area contributed by atoms with Gasteiger partial charge in [-0.1, -0.05) is 11.6 Å². The fourth-order valence-corrected chi connectivity index (χ4v) is 1.30. The average molecular weight is 241 g/mol. The second kappa shape index (κ2) is 3.70. The third-order valence-corrected chi connectivity index (χ3v) is 2.03. The van der Waals surface area contributed by atoms with Crippen LogP contribution in [0.2, 0.25) is 5.02 Å². The van der Waals surface area contributed by atoms with E-state index in [0.717, 1.165) is 6.07 Å². The Balaban J connectivity index is 3.36. The highest BCUT2D eigenvalue weighted by Crippen LogP contribution is 2.39. The maximum Gasteiger partial charge on any atom is 0.417 e. The molecule has 0 aliphatic heterocycles. The predicted octanol–water partition coefficient (Wildman–Crippen LogP) is 3.30. The number of halogens is 4. The summed E-state index contributed by atoms with van der Waals surface area (Å²) in [6.07, 6.45) is -4.52. The van der Waals surface area contributed by atoms with Crippen molar-refractivity contribution in [1.29, 1.82) is 0 Å². The smallest absolute Gasteiger partial charge is 0.397 e. The summed E-state index contributed by atoms with van der Waals surface area (Å²) in [7, 11) is 0. The van der Waals surface area contributed by atoms with Crippen LogP contribution in [0.15, 0.2) is 16.5 Å². The molecular weight excluding hydrogens is 237 g/mol. The van der Waals surface area contributed by atoms with E-state index >= 15 is 0 Å². The standard InChI is InChI=1S/C7H4ClF3N2S/c8-4-2-6(13-14)5(12)1-3(4)7(9,10)11/h1-2H,12H2. The monoisotopic (exact) mass is 240 g/mol. The van der Waals surface area contributed by atoms with E-state index in [1.54, 1.807) is 0 Å². The summed E-state index contributed by atoms with van der Waals surface area (Å²) in [5, 5.41) is -0.463. The minimum Gasteiger partial charge on any atom is -0.397 e. The number of nitrogens with two attached hydrogens (primary N) is 1. The first-order valence-electron chi connectivity index (χ1n) is 3.36. The Morgan fingerprint density at radius 2 is 1.93 bits per heavy atom. The quantitative estimate of drug-likeness (QED) is 0.765. The Morgan fingerprint density at radius 1 is 1.36 bits per heavy atom. The second-order valence-electron chi connectivity index (χ2n) is 2.48. The lowest BCUT2D eigenvalue weighted by Gasteiger charge is -2.10. The van der Waals surface area contributed by atoms with Crippen LogP contribution in [0, 0.1) is 0 Å². The number of nitrogens with zero attached hydrogens (tertiary/aromatic N) is 1. The highest BCUT2D eigenvalue weighted by molar-refractivity contribution is 7.47. The van der Waals surface area contributed by atoms with Crippen LogP contribution in [-0.2, 0) is 18.6 Å². The van der Waals surface area contributed by atoms with Crippen molar-refractivity contribution in [2.24, 2.45) is 4.36 Å². The molecule has 1 aromatic carbocycles. The van der Waals surface area contributed by atoms with Gasteiger partial charge in [-0.3, -0.25) is 0 Å². The van der Waals surface area contributed by atoms with Gasteiger partial charge in [-0.15, -0.1) is 0 Å². The molecule has 7 heteroatoms. The first kappa shape index (κ1) is 11.2. The van der Waals surface area contributed by atoms with E-state index in [0.29, 0.717) is 6.07 Å². The van der Waals surface area contributed by atoms with Crippen molar-refractivity contribution < 1.29 is 13.2 Å². The van der Waals surface area contributed by atoms with Gasteiger partial charge in [0.15, 0.2) is 0 Å². The van der Waals surface area contributed by atoms with Crippen molar-refractivity contribution in [3.05, 3.63) is 22.7 Å². The SMILES string of the molecule is Nc1cc(C(F)(F)F)c(Cl)cc1N=S. The van der Waals surface area contributed by atoms with E-state index in [1.807, 2.05) is 0 Å². The third kappa shape index (κ3) is 2.13. The van der Waals surface area contributed by atoms with Crippen molar-refractivity contribution in [2.45, 2.75) is 6.18 Å². The van der Waals surface area contributed by atoms with E-state index in [4.69, 9.17) is 17.3 Å². The van der Waals surface area contributed by atoms with E-state index in [9.17, 15) is 13.2 Å². The molecule has 0 saturated carbocycles. The summed E-state index contributed by atoms with van der Waals surface area (Å²) in [5.74, 6) is 0. The minimum atomic E-state index is -4.52. The molecule has 0 fully saturated rings. The zero-order valence-corrected chi connectivity index (χ0v) is 8.17. The summed E-state index contributed by atoms with van der Waals surface area (Å²) in [4.78, 5) is 0. The highest BCUT2D eigenvalue weighted by Gasteiger charge is 2.33. The van der Waals surface area contributed by atoms with E-state index in [1.165, 1.54) is 0 Å². The summed E-state index contributed by atoms with van der Waals surface area (Å²) in [6.45, 7) is 0. The molecule has 0 aliphatic carbocycles. The van der Waals surface area contributed by atoms with Gasteiger partial charge in [-0.25, -0.2) is 0 Å². The Morgan fingerprint density at radius 3 is 2.36 bits per heavy atom. The molecule has 0 aromatic heterocycles. The maximum atomic E-state index is 12.3. The molecule has 0 unspecified atom stereocenters. The Hall–Kier alpha value is -0.880. The molecule has 2 nitrogen and oxygen atoms in total. The lowest BCUT2D eigenvalue weighted by atomic mass is 10.1. The number of hydrogen-bond donors (Lipinski definition) is 1. The molecular formula is C7H4ClF3N2S. The molecule has 1 aromatic rings. The van der Waals surface area contributed by atoms with Crippen LogP contribution >= 0.6 is 11.6 Å². The molecule has 0 amide bonds. The number of nitrogen functional groups attached to an aromatic ring is 1. The van der Waals surface area contributed by atoms with E-state index < -0.39 is 16.8 Å². The minimum absolute atomic E-state index is 0.0676. The Labute approximate surface area is 88.0 Å². The molecule has 2 N–H and O–H groups in total. The molecule has 0 aliphatic rings. The van der Waals surface area contributed by atoms with Crippen LogP contribution in [-0.4, -0.2) is 0 Å². The van der Waals surface area contributed by atoms with Crippen molar-refractivity contribution in [3.63, 3.8) is 0 Å². The second-order valence-corrected chi connectivity index (χ2v) is 3.07. The van der Waals surface area contributed by atoms with Gasteiger partial charge in [0.25, 0.3) is 0 Å². The highest BCUT2D eigenvalue weighted by atomic mass is 35.5. The average Bonchev–Trinajstić information content (AvgIpc) is 2.06. The van der Waals surface area contributed by atoms with Gasteiger partial charge < -0.3 is 5.73 Å². The summed E-state index contributed by atoms with van der Waals surface area (Å²) < 4.78 is 40.1. The zero-order valence-electron chi connectivity index (χ0n) is 6.60. The summed E-state index contributed by atoms with van der Waals surface area (Å²) in [6, 6.07) is 1.71. The fourth-order valence-electron chi connectivity index (χ4n) is 0.876.